The van der Waals surface area contributed by atoms with Crippen molar-refractivity contribution in [3.63, 3.8) is 0 Å². The van der Waals surface area contributed by atoms with E-state index in [1.165, 1.54) is 35.2 Å². The molecule has 0 saturated carbocycles. The number of benzene rings is 4. The first kappa shape index (κ1) is 45.2. The molecule has 59 heavy (non-hydrogen) atoms. The quantitative estimate of drug-likeness (QED) is 0.0443. The van der Waals surface area contributed by atoms with Crippen LogP contribution in [0.2, 0.25) is 0 Å². The lowest BCUT2D eigenvalue weighted by Gasteiger charge is -2.23. The van der Waals surface area contributed by atoms with Gasteiger partial charge in [0.25, 0.3) is 0 Å². The lowest BCUT2D eigenvalue weighted by molar-refractivity contribution is 0.0966. The van der Waals surface area contributed by atoms with E-state index in [2.05, 4.69) is 0 Å². The minimum atomic E-state index is -0.855. The molecule has 0 spiro atoms. The Hall–Kier alpha value is -6.51. The SMILES string of the molecule is CCCC(=O)c1c(OC)cc(O)c(Cc2c(O)c(Cc3c(O)c(C)c(OC)c(C(=O)CCC)c3O)c(O)c(Cc3c(O)c(C)c(OC)c(C(=O)CCC)c3O)c2O)c1O. The van der Waals surface area contributed by atoms with Gasteiger partial charge in [-0.25, -0.2) is 0 Å². The molecule has 0 aliphatic rings. The molecule has 9 N–H and O–H groups in total. The van der Waals surface area contributed by atoms with Gasteiger partial charge >= 0.3 is 0 Å². The van der Waals surface area contributed by atoms with E-state index < -0.39 is 105 Å². The van der Waals surface area contributed by atoms with E-state index in [1.54, 1.807) is 20.8 Å². The second-order valence-electron chi connectivity index (χ2n) is 14.2. The van der Waals surface area contributed by atoms with E-state index in [4.69, 9.17) is 14.2 Å². The number of rotatable bonds is 18. The highest BCUT2D eigenvalue weighted by Gasteiger charge is 2.34. The second kappa shape index (κ2) is 18.4. The Morgan fingerprint density at radius 3 is 1.07 bits per heavy atom. The van der Waals surface area contributed by atoms with Crippen LogP contribution in [0.25, 0.3) is 0 Å². The topological polar surface area (TPSA) is 261 Å². The van der Waals surface area contributed by atoms with Crippen LogP contribution in [-0.4, -0.2) is 84.6 Å². The fraction of sp³-hybridized carbons (Fsp3) is 0.386. The van der Waals surface area contributed by atoms with Gasteiger partial charge in [-0.3, -0.25) is 14.4 Å². The average Bonchev–Trinajstić information content (AvgIpc) is 3.19. The third-order valence-corrected chi connectivity index (χ3v) is 10.5. The standard InChI is InChI=1S/C44H52O15/c1-9-12-27(45)32-31(57-6)18-30(48)21(40(32)54)15-24-37(51)25(16-22-35(49)19(4)43(58-7)33(41(22)55)28(46)13-10-2)39(53)26(38(24)52)17-23-36(50)20(5)44(59-8)34(42(23)56)29(47)14-11-3/h18,48-56H,9-17H2,1-8H3. The van der Waals surface area contributed by atoms with Crippen molar-refractivity contribution in [1.82, 2.24) is 0 Å². The van der Waals surface area contributed by atoms with E-state index in [-0.39, 0.29) is 81.0 Å². The molecule has 318 valence electrons. The van der Waals surface area contributed by atoms with Crippen LogP contribution in [0.1, 0.15) is 135 Å². The van der Waals surface area contributed by atoms with Gasteiger partial charge in [-0.05, 0) is 33.1 Å². The molecular weight excluding hydrogens is 768 g/mol. The van der Waals surface area contributed by atoms with Crippen molar-refractivity contribution in [3.8, 4) is 69.0 Å². The van der Waals surface area contributed by atoms with Gasteiger partial charge in [-0.2, -0.15) is 0 Å². The highest BCUT2D eigenvalue weighted by atomic mass is 16.5. The molecule has 0 radical (unpaired) electrons. The number of aromatic hydroxyl groups is 9. The van der Waals surface area contributed by atoms with Crippen molar-refractivity contribution >= 4 is 17.3 Å². The van der Waals surface area contributed by atoms with E-state index in [9.17, 15) is 60.3 Å². The molecule has 4 aromatic rings. The molecule has 0 fully saturated rings. The summed E-state index contributed by atoms with van der Waals surface area (Å²) in [6.45, 7) is 8.08. The molecule has 4 aromatic carbocycles. The second-order valence-corrected chi connectivity index (χ2v) is 14.2. The number of hydrogen-bond acceptors (Lipinski definition) is 15. The Morgan fingerprint density at radius 1 is 0.441 bits per heavy atom. The van der Waals surface area contributed by atoms with Crippen LogP contribution in [0.15, 0.2) is 6.07 Å². The molecule has 0 bridgehead atoms. The fourth-order valence-corrected chi connectivity index (χ4v) is 7.40. The van der Waals surface area contributed by atoms with Crippen molar-refractivity contribution in [1.29, 1.82) is 0 Å². The molecule has 15 nitrogen and oxygen atoms in total. The lowest BCUT2D eigenvalue weighted by atomic mass is 9.86. The number of carbonyl (C=O) groups is 3. The minimum absolute atomic E-state index is 0.00775. The van der Waals surface area contributed by atoms with Gasteiger partial charge < -0.3 is 60.2 Å². The summed E-state index contributed by atoms with van der Waals surface area (Å²) in [6, 6.07) is 1.07. The number of Topliss-reactive ketones (excluding diaryl/α,β-unsaturated/α-hetero) is 3. The van der Waals surface area contributed by atoms with Gasteiger partial charge in [0.15, 0.2) is 17.3 Å². The van der Waals surface area contributed by atoms with Crippen LogP contribution in [0.5, 0.6) is 69.0 Å². The van der Waals surface area contributed by atoms with Gasteiger partial charge in [0.1, 0.15) is 85.7 Å². The largest absolute Gasteiger partial charge is 0.507 e. The molecule has 0 saturated heterocycles. The van der Waals surface area contributed by atoms with Gasteiger partial charge in [-0.15, -0.1) is 0 Å². The summed E-state index contributed by atoms with van der Waals surface area (Å²) in [4.78, 5) is 39.7. The maximum atomic E-state index is 13.3. The zero-order valence-corrected chi connectivity index (χ0v) is 34.4. The molecule has 0 atom stereocenters. The summed E-state index contributed by atoms with van der Waals surface area (Å²) >= 11 is 0. The van der Waals surface area contributed by atoms with Gasteiger partial charge in [0.2, 0.25) is 0 Å². The number of ether oxygens (including phenoxy) is 3. The monoisotopic (exact) mass is 820 g/mol. The van der Waals surface area contributed by atoms with Crippen LogP contribution < -0.4 is 14.2 Å². The minimum Gasteiger partial charge on any atom is -0.507 e. The van der Waals surface area contributed by atoms with Crippen molar-refractivity contribution in [3.05, 3.63) is 67.3 Å². The number of hydrogen-bond donors (Lipinski definition) is 9. The molecule has 0 amide bonds. The van der Waals surface area contributed by atoms with E-state index in [0.717, 1.165) is 6.07 Å². The summed E-state index contributed by atoms with van der Waals surface area (Å²) < 4.78 is 16.0. The summed E-state index contributed by atoms with van der Waals surface area (Å²) in [5.74, 6) is -8.40. The molecule has 0 aliphatic heterocycles. The number of ketones is 3. The Morgan fingerprint density at radius 2 is 0.746 bits per heavy atom. The molecule has 0 aliphatic carbocycles. The molecule has 4 rings (SSSR count). The Balaban J connectivity index is 2.13. The van der Waals surface area contributed by atoms with Crippen LogP contribution in [-0.2, 0) is 19.3 Å². The molecular formula is C44H52O15. The van der Waals surface area contributed by atoms with Gasteiger partial charge in [0.05, 0.1) is 21.3 Å². The van der Waals surface area contributed by atoms with Crippen molar-refractivity contribution < 1.29 is 74.6 Å². The number of carbonyl (C=O) groups excluding carboxylic acids is 3. The number of phenolic OH excluding ortho intramolecular Hbond substituents is 9. The highest BCUT2D eigenvalue weighted by molar-refractivity contribution is 6.04. The third-order valence-electron chi connectivity index (χ3n) is 10.5. The first-order valence-electron chi connectivity index (χ1n) is 19.1. The average molecular weight is 821 g/mol. The van der Waals surface area contributed by atoms with E-state index >= 15 is 0 Å². The molecule has 0 aromatic heterocycles. The third kappa shape index (κ3) is 8.14. The Kier molecular flexibility index (Phi) is 14.1. The normalized spacial score (nSPS) is 11.1. The number of phenols is 9. The number of methoxy groups -OCH3 is 3. The van der Waals surface area contributed by atoms with Crippen LogP contribution in [0.3, 0.4) is 0 Å². The van der Waals surface area contributed by atoms with Crippen molar-refractivity contribution in [2.75, 3.05) is 21.3 Å². The zero-order chi connectivity index (χ0) is 44.2. The maximum Gasteiger partial charge on any atom is 0.170 e. The lowest BCUT2D eigenvalue weighted by Crippen LogP contribution is -2.09. The molecule has 15 heteroatoms. The van der Waals surface area contributed by atoms with Gasteiger partial charge in [0, 0.05) is 89.1 Å². The van der Waals surface area contributed by atoms with Crippen molar-refractivity contribution in [2.24, 2.45) is 0 Å². The zero-order valence-electron chi connectivity index (χ0n) is 34.4. The maximum absolute atomic E-state index is 13.3. The molecule has 0 heterocycles. The Bertz CT molecular complexity index is 2210. The first-order chi connectivity index (χ1) is 27.9. The highest BCUT2D eigenvalue weighted by Crippen LogP contribution is 2.52. The summed E-state index contributed by atoms with van der Waals surface area (Å²) in [5, 5.41) is 104. The summed E-state index contributed by atoms with van der Waals surface area (Å²) in [6.07, 6.45) is -0.972. The Labute approximate surface area is 341 Å². The predicted octanol–water partition coefficient (Wildman–Crippen LogP) is 7.40. The van der Waals surface area contributed by atoms with E-state index in [0.29, 0.717) is 19.3 Å². The summed E-state index contributed by atoms with van der Waals surface area (Å²) in [5.41, 5.74) is -3.12. The summed E-state index contributed by atoms with van der Waals surface area (Å²) in [7, 11) is 3.72. The first-order valence-corrected chi connectivity index (χ1v) is 19.1. The molecule has 0 unspecified atom stereocenters. The van der Waals surface area contributed by atoms with Crippen molar-refractivity contribution in [2.45, 2.75) is 92.4 Å². The fourth-order valence-electron chi connectivity index (χ4n) is 7.40. The predicted molar refractivity (Wildman–Crippen MR) is 216 cm³/mol. The van der Waals surface area contributed by atoms with Crippen LogP contribution >= 0.6 is 0 Å². The van der Waals surface area contributed by atoms with E-state index in [1.807, 2.05) is 0 Å². The van der Waals surface area contributed by atoms with Crippen LogP contribution in [0.4, 0.5) is 0 Å². The van der Waals surface area contributed by atoms with Gasteiger partial charge in [-0.1, -0.05) is 20.8 Å². The smallest absolute Gasteiger partial charge is 0.170 e. The van der Waals surface area contributed by atoms with Crippen LogP contribution in [0, 0.1) is 13.8 Å².